The van der Waals surface area contributed by atoms with E-state index in [1.54, 1.807) is 0 Å². The van der Waals surface area contributed by atoms with E-state index >= 15 is 0 Å². The Morgan fingerprint density at radius 3 is 0.898 bits per heavy atom. The number of hydrogen-bond donors (Lipinski definition) is 0. The van der Waals surface area contributed by atoms with Gasteiger partial charge in [-0.05, 0) is 70.7 Å². The molecule has 0 saturated heterocycles. The minimum absolute atomic E-state index is 0. The van der Waals surface area contributed by atoms with Crippen LogP contribution in [0.1, 0.15) is 62.3 Å². The van der Waals surface area contributed by atoms with Crippen molar-refractivity contribution in [2.75, 3.05) is 0 Å². The topological polar surface area (TPSA) is 128 Å². The first kappa shape index (κ1) is 47.8. The Morgan fingerprint density at radius 2 is 0.735 bits per heavy atom. The number of nitrogens with zero attached hydrogens (tertiary/aromatic N) is 2. The summed E-state index contributed by atoms with van der Waals surface area (Å²) in [5.74, 6) is -8.29. The summed E-state index contributed by atoms with van der Waals surface area (Å²) in [4.78, 5) is 68.9. The number of benzene rings is 1. The van der Waals surface area contributed by atoms with Crippen molar-refractivity contribution in [1.82, 2.24) is 9.97 Å². The van der Waals surface area contributed by atoms with E-state index in [-0.39, 0.29) is 37.3 Å². The SMILES string of the molecule is CC(=O)CC(=O)C(F)(F)F.CC(=O)CC(=O)C(F)(F)F.CC(=O)CC(=O)C(F)(F)F.Cc1cnc2c(ccc3c(C)c(C)cnc32)c1C.[Er]. The molecule has 8 nitrogen and oxygen atoms in total. The minimum Gasteiger partial charge on any atom is -0.300 e. The molecule has 0 aliphatic heterocycles. The van der Waals surface area contributed by atoms with Crippen molar-refractivity contribution in [3.63, 3.8) is 0 Å². The van der Waals surface area contributed by atoms with Gasteiger partial charge in [0.25, 0.3) is 0 Å². The quantitative estimate of drug-likeness (QED) is 0.144. The van der Waals surface area contributed by atoms with Crippen molar-refractivity contribution in [3.8, 4) is 0 Å². The Kier molecular flexibility index (Phi) is 19.3. The van der Waals surface area contributed by atoms with Gasteiger partial charge in [0.1, 0.15) is 17.3 Å². The molecule has 0 aliphatic carbocycles. The van der Waals surface area contributed by atoms with Crippen LogP contribution >= 0.6 is 0 Å². The molecular weight excluding hydrogens is 835 g/mol. The molecule has 0 atom stereocenters. The second-order valence-corrected chi connectivity index (χ2v) is 10.4. The Bertz CT molecular complexity index is 1540. The molecule has 49 heavy (non-hydrogen) atoms. The smallest absolute Gasteiger partial charge is 0.300 e. The van der Waals surface area contributed by atoms with Crippen LogP contribution in [0.15, 0.2) is 24.5 Å². The molecule has 0 unspecified atom stereocenters. The molecule has 2 aromatic heterocycles. The molecule has 0 radical (unpaired) electrons. The first-order chi connectivity index (χ1) is 21.6. The Labute approximate surface area is 303 Å². The zero-order chi connectivity index (χ0) is 37.9. The molecule has 18 heteroatoms. The predicted molar refractivity (Wildman–Crippen MR) is 155 cm³/mol. The van der Waals surface area contributed by atoms with Crippen molar-refractivity contribution < 1.29 is 106 Å². The number of pyridine rings is 2. The van der Waals surface area contributed by atoms with Crippen LogP contribution in [-0.2, 0) is 28.8 Å². The van der Waals surface area contributed by atoms with E-state index in [1.807, 2.05) is 12.4 Å². The van der Waals surface area contributed by atoms with E-state index in [1.165, 1.54) is 33.0 Å². The standard InChI is InChI=1S/C16H16N2.3C5H5F3O2.Er/c1-9-7-17-15-13(11(9)3)5-6-14-12(4)10(2)8-18-16(14)15;3*1-3(9)2-4(10)5(6,7)8;/h5-8H,1-4H3;3*2H2,1H3;. The van der Waals surface area contributed by atoms with E-state index in [0.29, 0.717) is 0 Å². The molecule has 0 saturated carbocycles. The van der Waals surface area contributed by atoms with Gasteiger partial charge >= 0.3 is 18.5 Å². The number of Topliss-reactive ketones (excluding diaryl/α,β-unsaturated/α-hetero) is 6. The molecule has 3 aromatic rings. The van der Waals surface area contributed by atoms with Crippen LogP contribution in [0.25, 0.3) is 21.8 Å². The molecule has 0 N–H and O–H groups in total. The van der Waals surface area contributed by atoms with Gasteiger partial charge in [-0.3, -0.25) is 38.7 Å². The van der Waals surface area contributed by atoms with Gasteiger partial charge in [-0.2, -0.15) is 39.5 Å². The summed E-state index contributed by atoms with van der Waals surface area (Å²) in [5, 5.41) is 2.41. The summed E-state index contributed by atoms with van der Waals surface area (Å²) >= 11 is 0. The van der Waals surface area contributed by atoms with Gasteiger partial charge in [-0.15, -0.1) is 0 Å². The second-order valence-electron chi connectivity index (χ2n) is 10.4. The fourth-order valence-electron chi connectivity index (χ4n) is 3.37. The number of halogens is 9. The fourth-order valence-corrected chi connectivity index (χ4v) is 3.37. The molecule has 0 amide bonds. The molecule has 0 bridgehead atoms. The van der Waals surface area contributed by atoms with Gasteiger partial charge in [0.2, 0.25) is 17.3 Å². The minimum atomic E-state index is -4.87. The van der Waals surface area contributed by atoms with Crippen molar-refractivity contribution in [1.29, 1.82) is 0 Å². The third-order valence-corrected chi connectivity index (χ3v) is 6.09. The van der Waals surface area contributed by atoms with E-state index in [9.17, 15) is 68.3 Å². The summed E-state index contributed by atoms with van der Waals surface area (Å²) < 4.78 is 102. The zero-order valence-corrected chi connectivity index (χ0v) is 28.8. The van der Waals surface area contributed by atoms with Crippen molar-refractivity contribution in [3.05, 3.63) is 46.8 Å². The molecule has 2 heterocycles. The number of fused-ring (bicyclic) bond motifs is 3. The monoisotopic (exact) mass is 864 g/mol. The van der Waals surface area contributed by atoms with Crippen molar-refractivity contribution in [2.24, 2.45) is 0 Å². The van der Waals surface area contributed by atoms with Gasteiger partial charge in [0.15, 0.2) is 0 Å². The number of hydrogen-bond acceptors (Lipinski definition) is 8. The molecule has 276 valence electrons. The maximum absolute atomic E-state index is 11.3. The molecule has 3 rings (SSSR count). The second kappa shape index (κ2) is 19.8. The van der Waals surface area contributed by atoms with Crippen LogP contribution in [0.3, 0.4) is 0 Å². The van der Waals surface area contributed by atoms with Crippen molar-refractivity contribution in [2.45, 2.75) is 86.3 Å². The normalized spacial score (nSPS) is 11.0. The number of aryl methyl sites for hydroxylation is 4. The summed E-state index contributed by atoms with van der Waals surface area (Å²) in [6.07, 6.45) is -13.9. The largest absolute Gasteiger partial charge is 0.450 e. The third kappa shape index (κ3) is 16.8. The van der Waals surface area contributed by atoms with Gasteiger partial charge in [-0.1, -0.05) is 12.1 Å². The molecular formula is C31H31ErF9N2O6. The summed E-state index contributed by atoms with van der Waals surface area (Å²) in [5.41, 5.74) is 7.07. The van der Waals surface area contributed by atoms with Crippen LogP contribution in [0.2, 0.25) is 0 Å². The molecule has 0 fully saturated rings. The van der Waals surface area contributed by atoms with Crippen LogP contribution in [0, 0.1) is 65.0 Å². The first-order valence-electron chi connectivity index (χ1n) is 13.5. The first-order valence-corrected chi connectivity index (χ1v) is 13.5. The van der Waals surface area contributed by atoms with Crippen LogP contribution in [-0.4, -0.2) is 63.2 Å². The number of carbonyl (C=O) groups excluding carboxylic acids is 6. The summed E-state index contributed by atoms with van der Waals surface area (Å²) in [7, 11) is 0. The van der Waals surface area contributed by atoms with Crippen molar-refractivity contribution >= 4 is 56.5 Å². The van der Waals surface area contributed by atoms with E-state index in [2.05, 4.69) is 49.8 Å². The zero-order valence-electron chi connectivity index (χ0n) is 27.0. The predicted octanol–water partition coefficient (Wildman–Crippen LogP) is 7.31. The molecule has 0 spiro atoms. The average molecular weight is 866 g/mol. The number of carbonyl (C=O) groups is 6. The number of alkyl halides is 9. The Balaban J connectivity index is 0. The Morgan fingerprint density at radius 1 is 0.510 bits per heavy atom. The van der Waals surface area contributed by atoms with Crippen LogP contribution < -0.4 is 0 Å². The summed E-state index contributed by atoms with van der Waals surface area (Å²) in [6, 6.07) is 4.34. The summed E-state index contributed by atoms with van der Waals surface area (Å²) in [6.45, 7) is 11.3. The molecule has 1 aromatic carbocycles. The maximum Gasteiger partial charge on any atom is 0.450 e. The third-order valence-electron chi connectivity index (χ3n) is 6.09. The number of rotatable bonds is 6. The van der Waals surface area contributed by atoms with Gasteiger partial charge < -0.3 is 0 Å². The van der Waals surface area contributed by atoms with Gasteiger partial charge in [0.05, 0.1) is 30.3 Å². The van der Waals surface area contributed by atoms with Gasteiger partial charge in [-0.25, -0.2) is 0 Å². The van der Waals surface area contributed by atoms with E-state index in [0.717, 1.165) is 31.8 Å². The number of aromatic nitrogens is 2. The van der Waals surface area contributed by atoms with E-state index in [4.69, 9.17) is 0 Å². The van der Waals surface area contributed by atoms with Crippen LogP contribution in [0.5, 0.6) is 0 Å². The molecule has 0 aliphatic rings. The Hall–Kier alpha value is -3.32. The average Bonchev–Trinajstić information content (AvgIpc) is 2.91. The van der Waals surface area contributed by atoms with Gasteiger partial charge in [0, 0.05) is 60.5 Å². The van der Waals surface area contributed by atoms with Crippen LogP contribution in [0.4, 0.5) is 39.5 Å². The van der Waals surface area contributed by atoms with E-state index < -0.39 is 72.5 Å². The fraction of sp³-hybridized carbons (Fsp3) is 0.419. The maximum atomic E-state index is 11.3. The number of ketones is 6.